The van der Waals surface area contributed by atoms with Crippen LogP contribution in [0.4, 0.5) is 5.69 Å². The average Bonchev–Trinajstić information content (AvgIpc) is 2.81. The predicted molar refractivity (Wildman–Crippen MR) is 145 cm³/mol. The summed E-state index contributed by atoms with van der Waals surface area (Å²) in [4.78, 5) is 28.3. The van der Waals surface area contributed by atoms with Crippen molar-refractivity contribution in [1.82, 2.24) is 14.5 Å². The van der Waals surface area contributed by atoms with E-state index in [0.29, 0.717) is 5.69 Å². The first-order valence-electron chi connectivity index (χ1n) is 12.2. The van der Waals surface area contributed by atoms with Crippen LogP contribution in [0.3, 0.4) is 0 Å². The average molecular weight is 517 g/mol. The molecule has 0 aliphatic carbocycles. The third-order valence-electron chi connectivity index (χ3n) is 6.26. The lowest BCUT2D eigenvalue weighted by Crippen LogP contribution is -2.53. The molecule has 1 N–H and O–H groups in total. The van der Waals surface area contributed by atoms with E-state index in [1.165, 1.54) is 19.0 Å². The number of carbonyl (C=O) groups is 2. The molecule has 9 heteroatoms. The zero-order chi connectivity index (χ0) is 27.2. The van der Waals surface area contributed by atoms with Gasteiger partial charge in [-0.1, -0.05) is 48.9 Å². The Morgan fingerprint density at radius 3 is 2.19 bits per heavy atom. The quantitative estimate of drug-likeness (QED) is 0.495. The van der Waals surface area contributed by atoms with E-state index in [9.17, 15) is 18.0 Å². The monoisotopic (exact) mass is 516 g/mol. The van der Waals surface area contributed by atoms with Crippen LogP contribution in [-0.4, -0.2) is 62.2 Å². The van der Waals surface area contributed by atoms with E-state index < -0.39 is 28.7 Å². The summed E-state index contributed by atoms with van der Waals surface area (Å²) in [6.45, 7) is 10.9. The van der Waals surface area contributed by atoms with Crippen molar-refractivity contribution in [2.45, 2.75) is 66.6 Å². The zero-order valence-corrected chi connectivity index (χ0v) is 23.5. The Kier molecular flexibility index (Phi) is 10.1. The number of carbonyl (C=O) groups excluding carboxylic acids is 2. The molecule has 2 amide bonds. The normalized spacial score (nSPS) is 13.2. The van der Waals surface area contributed by atoms with E-state index in [4.69, 9.17) is 0 Å². The molecule has 0 aromatic heterocycles. The first-order valence-corrected chi connectivity index (χ1v) is 13.6. The summed E-state index contributed by atoms with van der Waals surface area (Å²) in [6, 6.07) is 12.4. The fourth-order valence-corrected chi connectivity index (χ4v) is 4.86. The first-order chi connectivity index (χ1) is 16.8. The number of benzene rings is 2. The van der Waals surface area contributed by atoms with Crippen LogP contribution in [0, 0.1) is 20.8 Å². The maximum Gasteiger partial charge on any atom is 0.304 e. The van der Waals surface area contributed by atoms with Gasteiger partial charge in [-0.2, -0.15) is 12.7 Å². The summed E-state index contributed by atoms with van der Waals surface area (Å²) in [7, 11) is -1.12. The fraction of sp³-hybridized carbons (Fsp3) is 0.481. The van der Waals surface area contributed by atoms with E-state index >= 15 is 0 Å². The molecule has 0 radical (unpaired) electrons. The van der Waals surface area contributed by atoms with Gasteiger partial charge in [0.15, 0.2) is 0 Å². The van der Waals surface area contributed by atoms with Gasteiger partial charge in [-0.3, -0.25) is 9.59 Å². The topological polar surface area (TPSA) is 90.0 Å². The van der Waals surface area contributed by atoms with Gasteiger partial charge in [0.05, 0.1) is 5.69 Å². The summed E-state index contributed by atoms with van der Waals surface area (Å²) in [5, 5.41) is 2.94. The van der Waals surface area contributed by atoms with Gasteiger partial charge in [-0.15, -0.1) is 0 Å². The minimum atomic E-state index is -3.99. The largest absolute Gasteiger partial charge is 0.352 e. The van der Waals surface area contributed by atoms with Gasteiger partial charge in [0.25, 0.3) is 0 Å². The third-order valence-corrected chi connectivity index (χ3v) is 8.06. The van der Waals surface area contributed by atoms with Gasteiger partial charge in [0.1, 0.15) is 12.6 Å². The summed E-state index contributed by atoms with van der Waals surface area (Å²) in [5.74, 6) is -0.742. The Morgan fingerprint density at radius 1 is 0.972 bits per heavy atom. The van der Waals surface area contributed by atoms with Crippen LogP contribution in [0.5, 0.6) is 0 Å². The molecule has 2 rings (SSSR count). The highest BCUT2D eigenvalue weighted by molar-refractivity contribution is 7.90. The molecule has 36 heavy (non-hydrogen) atoms. The van der Waals surface area contributed by atoms with E-state index in [2.05, 4.69) is 5.32 Å². The van der Waals surface area contributed by atoms with Gasteiger partial charge in [0.2, 0.25) is 11.8 Å². The zero-order valence-electron chi connectivity index (χ0n) is 22.7. The molecule has 0 aliphatic rings. The summed E-state index contributed by atoms with van der Waals surface area (Å²) in [6.07, 6.45) is 0.756. The number of hydrogen-bond donors (Lipinski definition) is 1. The minimum Gasteiger partial charge on any atom is -0.352 e. The smallest absolute Gasteiger partial charge is 0.304 e. The molecule has 0 spiro atoms. The molecule has 0 fully saturated rings. The number of rotatable bonds is 11. The van der Waals surface area contributed by atoms with E-state index in [1.54, 1.807) is 13.0 Å². The van der Waals surface area contributed by atoms with E-state index in [1.807, 2.05) is 71.0 Å². The molecule has 0 unspecified atom stereocenters. The SMILES string of the molecule is CC[C@@H](C)NC(=O)[C@H](C)N(Cc1cccc(C)c1)C(=O)CN(c1cc(C)ccc1C)S(=O)(=O)N(C)C. The molecule has 0 aliphatic heterocycles. The number of anilines is 1. The van der Waals surface area contributed by atoms with Crippen molar-refractivity contribution in [3.05, 3.63) is 64.7 Å². The van der Waals surface area contributed by atoms with Crippen LogP contribution in [0.2, 0.25) is 0 Å². The van der Waals surface area contributed by atoms with Gasteiger partial charge in [-0.25, -0.2) is 4.31 Å². The molecule has 198 valence electrons. The number of hydrogen-bond acceptors (Lipinski definition) is 4. The highest BCUT2D eigenvalue weighted by Crippen LogP contribution is 2.26. The van der Waals surface area contributed by atoms with Crippen molar-refractivity contribution in [2.75, 3.05) is 24.9 Å². The summed E-state index contributed by atoms with van der Waals surface area (Å²) in [5.41, 5.74) is 3.93. The molecule has 0 saturated heterocycles. The minimum absolute atomic E-state index is 0.0450. The highest BCUT2D eigenvalue weighted by atomic mass is 32.2. The molecule has 0 heterocycles. The van der Waals surface area contributed by atoms with Crippen molar-refractivity contribution < 1.29 is 18.0 Å². The van der Waals surface area contributed by atoms with Gasteiger partial charge in [0, 0.05) is 26.7 Å². The van der Waals surface area contributed by atoms with Gasteiger partial charge >= 0.3 is 10.2 Å². The molecular formula is C27H40N4O4S. The van der Waals surface area contributed by atoms with E-state index in [0.717, 1.165) is 37.3 Å². The van der Waals surface area contributed by atoms with Gasteiger partial charge in [-0.05, 0) is 63.8 Å². The second-order valence-corrected chi connectivity index (χ2v) is 11.7. The van der Waals surface area contributed by atoms with Crippen LogP contribution >= 0.6 is 0 Å². The van der Waals surface area contributed by atoms with Crippen LogP contribution in [0.25, 0.3) is 0 Å². The number of amides is 2. The lowest BCUT2D eigenvalue weighted by molar-refractivity contribution is -0.139. The van der Waals surface area contributed by atoms with Crippen molar-refractivity contribution in [3.63, 3.8) is 0 Å². The molecular weight excluding hydrogens is 476 g/mol. The highest BCUT2D eigenvalue weighted by Gasteiger charge is 2.33. The lowest BCUT2D eigenvalue weighted by atomic mass is 10.1. The van der Waals surface area contributed by atoms with Crippen LogP contribution in [-0.2, 0) is 26.3 Å². The Balaban J connectivity index is 2.51. The van der Waals surface area contributed by atoms with E-state index in [-0.39, 0.29) is 18.5 Å². The van der Waals surface area contributed by atoms with Crippen LogP contribution in [0.15, 0.2) is 42.5 Å². The molecule has 2 atom stereocenters. The maximum atomic E-state index is 13.8. The number of nitrogens with one attached hydrogen (secondary N) is 1. The van der Waals surface area contributed by atoms with Gasteiger partial charge < -0.3 is 10.2 Å². The van der Waals surface area contributed by atoms with Crippen LogP contribution in [0.1, 0.15) is 49.4 Å². The van der Waals surface area contributed by atoms with Crippen molar-refractivity contribution >= 4 is 27.7 Å². The molecule has 8 nitrogen and oxygen atoms in total. The summed E-state index contributed by atoms with van der Waals surface area (Å²) < 4.78 is 28.9. The molecule has 0 saturated carbocycles. The fourth-order valence-electron chi connectivity index (χ4n) is 3.75. The number of nitrogens with zero attached hydrogens (tertiary/aromatic N) is 3. The Labute approximate surface area is 216 Å². The van der Waals surface area contributed by atoms with Crippen molar-refractivity contribution in [3.8, 4) is 0 Å². The summed E-state index contributed by atoms with van der Waals surface area (Å²) >= 11 is 0. The second kappa shape index (κ2) is 12.4. The molecule has 0 bridgehead atoms. The van der Waals surface area contributed by atoms with Crippen molar-refractivity contribution in [1.29, 1.82) is 0 Å². The predicted octanol–water partition coefficient (Wildman–Crippen LogP) is 3.56. The Bertz CT molecular complexity index is 1180. The maximum absolute atomic E-state index is 13.8. The van der Waals surface area contributed by atoms with Crippen LogP contribution < -0.4 is 9.62 Å². The molecule has 2 aromatic rings. The second-order valence-electron chi connectivity index (χ2n) is 9.59. The third kappa shape index (κ3) is 7.30. The lowest BCUT2D eigenvalue weighted by Gasteiger charge is -2.33. The Hall–Kier alpha value is -2.91. The number of aryl methyl sites for hydroxylation is 3. The van der Waals surface area contributed by atoms with Crippen molar-refractivity contribution in [2.24, 2.45) is 0 Å². The standard InChI is InChI=1S/C27H40N4O4S/c1-9-22(5)28-27(33)23(6)30(17-24-12-10-11-19(2)15-24)26(32)18-31(36(34,35)29(7)8)25-16-20(3)13-14-21(25)4/h10-16,22-23H,9,17-18H2,1-8H3,(H,28,33)/t22-,23+/m1/s1. The first kappa shape index (κ1) is 29.3. The molecule has 2 aromatic carbocycles. The Morgan fingerprint density at radius 2 is 1.61 bits per heavy atom.